The molecule has 4 heteroatoms. The van der Waals surface area contributed by atoms with E-state index in [2.05, 4.69) is 24.2 Å². The van der Waals surface area contributed by atoms with Crippen molar-refractivity contribution in [2.24, 2.45) is 5.84 Å². The Labute approximate surface area is 96.4 Å². The fourth-order valence-corrected chi connectivity index (χ4v) is 1.49. The van der Waals surface area contributed by atoms with Crippen molar-refractivity contribution in [3.05, 3.63) is 29.8 Å². The zero-order chi connectivity index (χ0) is 12.0. The molecule has 0 fully saturated rings. The highest BCUT2D eigenvalue weighted by Gasteiger charge is 2.09. The third-order valence-electron chi connectivity index (χ3n) is 2.64. The van der Waals surface area contributed by atoms with Gasteiger partial charge < -0.3 is 5.43 Å². The average Bonchev–Trinajstić information content (AvgIpc) is 2.35. The number of ketones is 1. The molecule has 0 heterocycles. The maximum Gasteiger partial charge on any atom is 0.176 e. The smallest absolute Gasteiger partial charge is 0.176 e. The van der Waals surface area contributed by atoms with Crippen molar-refractivity contribution in [3.63, 3.8) is 0 Å². The van der Waals surface area contributed by atoms with E-state index in [-0.39, 0.29) is 5.78 Å². The molecule has 1 aromatic rings. The van der Waals surface area contributed by atoms with E-state index in [1.54, 1.807) is 24.3 Å². The van der Waals surface area contributed by atoms with Crippen LogP contribution in [0.5, 0.6) is 0 Å². The van der Waals surface area contributed by atoms with Crippen molar-refractivity contribution in [3.8, 4) is 0 Å². The van der Waals surface area contributed by atoms with Gasteiger partial charge in [-0.25, -0.2) is 0 Å². The Hall–Kier alpha value is -1.39. The first-order chi connectivity index (χ1) is 7.71. The number of nitrogen functional groups attached to an aromatic ring is 1. The second-order valence-electron chi connectivity index (χ2n) is 3.61. The van der Waals surface area contributed by atoms with Crippen LogP contribution in [-0.4, -0.2) is 30.3 Å². The zero-order valence-corrected chi connectivity index (χ0v) is 9.86. The van der Waals surface area contributed by atoms with Crippen LogP contribution in [-0.2, 0) is 0 Å². The Kier molecular flexibility index (Phi) is 4.95. The van der Waals surface area contributed by atoms with Crippen molar-refractivity contribution in [2.45, 2.75) is 13.8 Å². The first-order valence-corrected chi connectivity index (χ1v) is 5.53. The summed E-state index contributed by atoms with van der Waals surface area (Å²) in [7, 11) is 0. The van der Waals surface area contributed by atoms with Crippen molar-refractivity contribution >= 4 is 11.5 Å². The molecule has 0 aliphatic carbocycles. The lowest BCUT2D eigenvalue weighted by atomic mass is 10.1. The molecule has 3 N–H and O–H groups in total. The summed E-state index contributed by atoms with van der Waals surface area (Å²) in [6.45, 7) is 6.37. The van der Waals surface area contributed by atoms with E-state index >= 15 is 0 Å². The maximum absolute atomic E-state index is 11.9. The van der Waals surface area contributed by atoms with E-state index in [1.807, 2.05) is 0 Å². The topological polar surface area (TPSA) is 58.4 Å². The zero-order valence-electron chi connectivity index (χ0n) is 9.86. The Bertz CT molecular complexity index is 331. The first kappa shape index (κ1) is 12.7. The fraction of sp³-hybridized carbons (Fsp3) is 0.417. The molecule has 0 spiro atoms. The number of anilines is 1. The molecule has 4 nitrogen and oxygen atoms in total. The largest absolute Gasteiger partial charge is 0.324 e. The number of hydrogen-bond acceptors (Lipinski definition) is 4. The molecule has 0 radical (unpaired) electrons. The predicted octanol–water partition coefficient (Wildman–Crippen LogP) is 1.50. The molecule has 0 saturated carbocycles. The summed E-state index contributed by atoms with van der Waals surface area (Å²) >= 11 is 0. The highest BCUT2D eigenvalue weighted by molar-refractivity contribution is 5.97. The number of carbonyl (C=O) groups excluding carboxylic acids is 1. The molecule has 0 unspecified atom stereocenters. The van der Waals surface area contributed by atoms with Gasteiger partial charge in [-0.3, -0.25) is 15.5 Å². The summed E-state index contributed by atoms with van der Waals surface area (Å²) in [4.78, 5) is 14.0. The highest BCUT2D eigenvalue weighted by atomic mass is 16.1. The molecular weight excluding hydrogens is 202 g/mol. The molecular formula is C12H19N3O. The van der Waals surface area contributed by atoms with Gasteiger partial charge in [0.1, 0.15) is 0 Å². The van der Waals surface area contributed by atoms with Crippen LogP contribution in [0.25, 0.3) is 0 Å². The molecule has 0 aliphatic rings. The maximum atomic E-state index is 11.9. The van der Waals surface area contributed by atoms with Crippen LogP contribution in [0, 0.1) is 0 Å². The van der Waals surface area contributed by atoms with Gasteiger partial charge in [0.05, 0.1) is 6.54 Å². The summed E-state index contributed by atoms with van der Waals surface area (Å²) in [6.07, 6.45) is 0. The molecule has 0 amide bonds. The summed E-state index contributed by atoms with van der Waals surface area (Å²) in [5, 5.41) is 0. The quantitative estimate of drug-likeness (QED) is 0.434. The second-order valence-corrected chi connectivity index (χ2v) is 3.61. The number of Topliss-reactive ketones (excluding diaryl/α,β-unsaturated/α-hetero) is 1. The van der Waals surface area contributed by atoms with Crippen LogP contribution < -0.4 is 11.3 Å². The van der Waals surface area contributed by atoms with Crippen LogP contribution >= 0.6 is 0 Å². The molecule has 0 saturated heterocycles. The summed E-state index contributed by atoms with van der Waals surface area (Å²) in [5.74, 6) is 5.40. The van der Waals surface area contributed by atoms with Crippen molar-refractivity contribution in [2.75, 3.05) is 25.1 Å². The molecule has 1 aromatic carbocycles. The standard InChI is InChI=1S/C12H19N3O/c1-3-15(4-2)9-12(16)10-5-7-11(14-13)8-6-10/h5-8,14H,3-4,9,13H2,1-2H3. The van der Waals surface area contributed by atoms with Crippen molar-refractivity contribution in [1.29, 1.82) is 0 Å². The average molecular weight is 221 g/mol. The van der Waals surface area contributed by atoms with Crippen LogP contribution in [0.4, 0.5) is 5.69 Å². The van der Waals surface area contributed by atoms with E-state index in [0.29, 0.717) is 6.54 Å². The molecule has 0 bridgehead atoms. The number of nitrogens with two attached hydrogens (primary N) is 1. The Balaban J connectivity index is 2.65. The number of nitrogens with zero attached hydrogens (tertiary/aromatic N) is 1. The number of nitrogens with one attached hydrogen (secondary N) is 1. The summed E-state index contributed by atoms with van der Waals surface area (Å²) < 4.78 is 0. The summed E-state index contributed by atoms with van der Waals surface area (Å²) in [6, 6.07) is 7.19. The van der Waals surface area contributed by atoms with E-state index in [9.17, 15) is 4.79 Å². The minimum atomic E-state index is 0.146. The number of rotatable bonds is 6. The van der Waals surface area contributed by atoms with Gasteiger partial charge in [-0.2, -0.15) is 0 Å². The van der Waals surface area contributed by atoms with Crippen LogP contribution in [0.3, 0.4) is 0 Å². The minimum Gasteiger partial charge on any atom is -0.324 e. The Morgan fingerprint density at radius 2 is 1.81 bits per heavy atom. The predicted molar refractivity (Wildman–Crippen MR) is 66.4 cm³/mol. The van der Waals surface area contributed by atoms with Gasteiger partial charge in [0, 0.05) is 11.3 Å². The number of hydrazine groups is 1. The molecule has 16 heavy (non-hydrogen) atoms. The number of likely N-dealkylation sites (N-methyl/N-ethyl adjacent to an activating group) is 1. The minimum absolute atomic E-state index is 0.146. The van der Waals surface area contributed by atoms with Gasteiger partial charge >= 0.3 is 0 Å². The van der Waals surface area contributed by atoms with Gasteiger partial charge in [-0.15, -0.1) is 0 Å². The van der Waals surface area contributed by atoms with E-state index in [4.69, 9.17) is 5.84 Å². The lowest BCUT2D eigenvalue weighted by Gasteiger charge is -2.16. The third kappa shape index (κ3) is 3.32. The molecule has 88 valence electrons. The fourth-order valence-electron chi connectivity index (χ4n) is 1.49. The Morgan fingerprint density at radius 1 is 1.25 bits per heavy atom. The van der Waals surface area contributed by atoms with Gasteiger partial charge in [0.25, 0.3) is 0 Å². The van der Waals surface area contributed by atoms with Gasteiger partial charge in [-0.05, 0) is 37.4 Å². The van der Waals surface area contributed by atoms with E-state index in [0.717, 1.165) is 24.3 Å². The van der Waals surface area contributed by atoms with Crippen LogP contribution in [0.1, 0.15) is 24.2 Å². The Morgan fingerprint density at radius 3 is 2.25 bits per heavy atom. The molecule has 1 rings (SSSR count). The number of benzene rings is 1. The lowest BCUT2D eigenvalue weighted by Crippen LogP contribution is -2.29. The number of hydrogen-bond donors (Lipinski definition) is 2. The van der Waals surface area contributed by atoms with Crippen molar-refractivity contribution < 1.29 is 4.79 Å². The highest BCUT2D eigenvalue weighted by Crippen LogP contribution is 2.09. The summed E-state index contributed by atoms with van der Waals surface area (Å²) in [5.41, 5.74) is 4.07. The second kappa shape index (κ2) is 6.25. The van der Waals surface area contributed by atoms with E-state index in [1.165, 1.54) is 0 Å². The van der Waals surface area contributed by atoms with E-state index < -0.39 is 0 Å². The molecule has 0 atom stereocenters. The normalized spacial score (nSPS) is 10.5. The SMILES string of the molecule is CCN(CC)CC(=O)c1ccc(NN)cc1. The third-order valence-corrected chi connectivity index (χ3v) is 2.64. The molecule has 0 aliphatic heterocycles. The van der Waals surface area contributed by atoms with Crippen molar-refractivity contribution in [1.82, 2.24) is 4.90 Å². The molecule has 0 aromatic heterocycles. The monoisotopic (exact) mass is 221 g/mol. The van der Waals surface area contributed by atoms with Gasteiger partial charge in [-0.1, -0.05) is 13.8 Å². The lowest BCUT2D eigenvalue weighted by molar-refractivity contribution is 0.0937. The van der Waals surface area contributed by atoms with Crippen LogP contribution in [0.15, 0.2) is 24.3 Å². The van der Waals surface area contributed by atoms with Crippen LogP contribution in [0.2, 0.25) is 0 Å². The first-order valence-electron chi connectivity index (χ1n) is 5.53. The van der Waals surface area contributed by atoms with Gasteiger partial charge in [0.15, 0.2) is 5.78 Å². The number of carbonyl (C=O) groups is 1. The van der Waals surface area contributed by atoms with Gasteiger partial charge in [0.2, 0.25) is 0 Å².